The Balaban J connectivity index is 4.27. The molecule has 0 saturated carbocycles. The first-order valence-electron chi connectivity index (χ1n) is 3.41. The molecule has 0 spiro atoms. The summed E-state index contributed by atoms with van der Waals surface area (Å²) in [4.78, 5) is 11.5. The lowest BCUT2D eigenvalue weighted by atomic mass is 10.4. The van der Waals surface area contributed by atoms with E-state index < -0.39 is 12.1 Å². The molecule has 0 aromatic carbocycles. The molecular formula is C6H8Br2F3NO. The van der Waals surface area contributed by atoms with Gasteiger partial charge in [0.15, 0.2) is 0 Å². The van der Waals surface area contributed by atoms with Crippen LogP contribution in [0.1, 0.15) is 0 Å². The van der Waals surface area contributed by atoms with Gasteiger partial charge in [0.2, 0.25) is 0 Å². The molecule has 0 rings (SSSR count). The zero-order chi connectivity index (χ0) is 10.5. The molecule has 13 heavy (non-hydrogen) atoms. The van der Waals surface area contributed by atoms with Gasteiger partial charge in [0, 0.05) is 23.7 Å². The molecule has 0 fully saturated rings. The van der Waals surface area contributed by atoms with Crippen LogP contribution in [0.5, 0.6) is 0 Å². The Hall–Kier alpha value is 0.220. The van der Waals surface area contributed by atoms with E-state index in [0.29, 0.717) is 10.7 Å². The van der Waals surface area contributed by atoms with Gasteiger partial charge in [0.1, 0.15) is 0 Å². The fraction of sp³-hybridized carbons (Fsp3) is 0.833. The Bertz CT molecular complexity index is 168. The van der Waals surface area contributed by atoms with Gasteiger partial charge >= 0.3 is 12.1 Å². The molecular weight excluding hydrogens is 319 g/mol. The molecule has 7 heteroatoms. The molecule has 0 saturated heterocycles. The highest BCUT2D eigenvalue weighted by Gasteiger charge is 2.41. The highest BCUT2D eigenvalue weighted by Crippen LogP contribution is 2.18. The monoisotopic (exact) mass is 325 g/mol. The summed E-state index contributed by atoms with van der Waals surface area (Å²) in [7, 11) is 0. The maximum Gasteiger partial charge on any atom is 0.471 e. The molecule has 0 heterocycles. The number of carbonyl (C=O) groups is 1. The number of rotatable bonds is 4. The second-order valence-corrected chi connectivity index (χ2v) is 3.75. The fourth-order valence-electron chi connectivity index (χ4n) is 0.698. The summed E-state index contributed by atoms with van der Waals surface area (Å²) in [5, 5.41) is 0.670. The highest BCUT2D eigenvalue weighted by molar-refractivity contribution is 9.09. The minimum absolute atomic E-state index is 0.0595. The molecule has 0 atom stereocenters. The maximum absolute atomic E-state index is 11.9. The predicted molar refractivity (Wildman–Crippen MR) is 50.2 cm³/mol. The number of hydrogen-bond acceptors (Lipinski definition) is 1. The van der Waals surface area contributed by atoms with E-state index in [1.54, 1.807) is 0 Å². The van der Waals surface area contributed by atoms with Crippen molar-refractivity contribution < 1.29 is 18.0 Å². The summed E-state index contributed by atoms with van der Waals surface area (Å²) in [6.45, 7) is 0.119. The van der Waals surface area contributed by atoms with Crippen molar-refractivity contribution in [2.24, 2.45) is 0 Å². The van der Waals surface area contributed by atoms with Crippen LogP contribution in [0.25, 0.3) is 0 Å². The van der Waals surface area contributed by atoms with Crippen molar-refractivity contribution in [2.45, 2.75) is 6.18 Å². The summed E-state index contributed by atoms with van der Waals surface area (Å²) in [5.74, 6) is -1.79. The van der Waals surface area contributed by atoms with Crippen LogP contribution in [0.15, 0.2) is 0 Å². The SMILES string of the molecule is O=C(N(CCBr)CCBr)C(F)(F)F. The summed E-state index contributed by atoms with van der Waals surface area (Å²) in [6.07, 6.45) is -4.77. The molecule has 1 amide bonds. The van der Waals surface area contributed by atoms with Crippen LogP contribution in [0.2, 0.25) is 0 Å². The van der Waals surface area contributed by atoms with E-state index in [4.69, 9.17) is 0 Å². The van der Waals surface area contributed by atoms with E-state index in [1.165, 1.54) is 0 Å². The Kier molecular flexibility index (Phi) is 5.95. The third-order valence-corrected chi connectivity index (χ3v) is 1.95. The first kappa shape index (κ1) is 13.2. The van der Waals surface area contributed by atoms with E-state index in [9.17, 15) is 18.0 Å². The normalized spacial score (nSPS) is 11.5. The summed E-state index contributed by atoms with van der Waals surface area (Å²) < 4.78 is 35.8. The highest BCUT2D eigenvalue weighted by atomic mass is 79.9. The average molecular weight is 327 g/mol. The van der Waals surface area contributed by atoms with E-state index >= 15 is 0 Å². The predicted octanol–water partition coefficient (Wildman–Crippen LogP) is 2.17. The number of nitrogens with zero attached hydrogens (tertiary/aromatic N) is 1. The van der Waals surface area contributed by atoms with Crippen LogP contribution in [0.4, 0.5) is 13.2 Å². The molecule has 0 aromatic heterocycles. The Morgan fingerprint density at radius 3 is 1.77 bits per heavy atom. The lowest BCUT2D eigenvalue weighted by Gasteiger charge is -2.21. The number of hydrogen-bond donors (Lipinski definition) is 0. The van der Waals surface area contributed by atoms with Gasteiger partial charge in [-0.05, 0) is 0 Å². The summed E-state index contributed by atoms with van der Waals surface area (Å²) in [5.41, 5.74) is 0. The number of amides is 1. The molecule has 2 nitrogen and oxygen atoms in total. The van der Waals surface area contributed by atoms with Gasteiger partial charge in [-0.2, -0.15) is 13.2 Å². The van der Waals surface area contributed by atoms with Crippen molar-refractivity contribution in [1.82, 2.24) is 4.90 Å². The Morgan fingerprint density at radius 1 is 1.15 bits per heavy atom. The van der Waals surface area contributed by atoms with E-state index in [-0.39, 0.29) is 13.1 Å². The molecule has 0 bridgehead atoms. The number of carbonyl (C=O) groups excluding carboxylic acids is 1. The standard InChI is InChI=1S/C6H8Br2F3NO/c7-1-3-12(4-2-8)5(13)6(9,10)11/h1-4H2. The molecule has 0 aliphatic heterocycles. The molecule has 0 aromatic rings. The Labute approximate surface area is 90.7 Å². The smallest absolute Gasteiger partial charge is 0.333 e. The van der Waals surface area contributed by atoms with Crippen molar-refractivity contribution in [2.75, 3.05) is 23.7 Å². The molecule has 0 radical (unpaired) electrons. The first-order chi connectivity index (χ1) is 5.93. The van der Waals surface area contributed by atoms with Crippen LogP contribution in [0.3, 0.4) is 0 Å². The van der Waals surface area contributed by atoms with Crippen LogP contribution in [-0.4, -0.2) is 40.7 Å². The fourth-order valence-corrected chi connectivity index (χ4v) is 1.55. The van der Waals surface area contributed by atoms with Gasteiger partial charge in [-0.15, -0.1) is 0 Å². The molecule has 0 N–H and O–H groups in total. The zero-order valence-electron chi connectivity index (χ0n) is 6.57. The van der Waals surface area contributed by atoms with Crippen LogP contribution < -0.4 is 0 Å². The van der Waals surface area contributed by atoms with Gasteiger partial charge in [0.05, 0.1) is 0 Å². The quantitative estimate of drug-likeness (QED) is 0.725. The largest absolute Gasteiger partial charge is 0.471 e. The van der Waals surface area contributed by atoms with Gasteiger partial charge in [-0.25, -0.2) is 0 Å². The average Bonchev–Trinajstić information content (AvgIpc) is 2.01. The van der Waals surface area contributed by atoms with Crippen LogP contribution in [-0.2, 0) is 4.79 Å². The van der Waals surface area contributed by atoms with E-state index in [1.807, 2.05) is 0 Å². The Morgan fingerprint density at radius 2 is 1.54 bits per heavy atom. The van der Waals surface area contributed by atoms with E-state index in [2.05, 4.69) is 31.9 Å². The topological polar surface area (TPSA) is 20.3 Å². The number of alkyl halides is 5. The van der Waals surface area contributed by atoms with Crippen molar-refractivity contribution in [3.05, 3.63) is 0 Å². The lowest BCUT2D eigenvalue weighted by Crippen LogP contribution is -2.43. The molecule has 0 aliphatic carbocycles. The van der Waals surface area contributed by atoms with Crippen molar-refractivity contribution in [1.29, 1.82) is 0 Å². The van der Waals surface area contributed by atoms with Gasteiger partial charge in [-0.3, -0.25) is 4.79 Å². The third kappa shape index (κ3) is 4.85. The van der Waals surface area contributed by atoms with Crippen molar-refractivity contribution in [3.63, 3.8) is 0 Å². The maximum atomic E-state index is 11.9. The molecule has 78 valence electrons. The van der Waals surface area contributed by atoms with Crippen LogP contribution in [0, 0.1) is 0 Å². The molecule has 0 aliphatic rings. The zero-order valence-corrected chi connectivity index (χ0v) is 9.75. The summed E-state index contributed by atoms with van der Waals surface area (Å²) in [6, 6.07) is 0. The van der Waals surface area contributed by atoms with Crippen molar-refractivity contribution >= 4 is 37.8 Å². The van der Waals surface area contributed by atoms with Gasteiger partial charge in [0.25, 0.3) is 0 Å². The second-order valence-electron chi connectivity index (χ2n) is 2.17. The van der Waals surface area contributed by atoms with E-state index in [0.717, 1.165) is 4.90 Å². The molecule has 0 unspecified atom stereocenters. The summed E-state index contributed by atoms with van der Waals surface area (Å²) >= 11 is 5.96. The second kappa shape index (κ2) is 5.85. The van der Waals surface area contributed by atoms with Crippen LogP contribution >= 0.6 is 31.9 Å². The number of halogens is 5. The minimum Gasteiger partial charge on any atom is -0.333 e. The minimum atomic E-state index is -4.77. The van der Waals surface area contributed by atoms with Crippen molar-refractivity contribution in [3.8, 4) is 0 Å². The third-order valence-electron chi connectivity index (χ3n) is 1.24. The van der Waals surface area contributed by atoms with Gasteiger partial charge in [-0.1, -0.05) is 31.9 Å². The first-order valence-corrected chi connectivity index (χ1v) is 5.65. The van der Waals surface area contributed by atoms with Gasteiger partial charge < -0.3 is 4.90 Å². The lowest BCUT2D eigenvalue weighted by molar-refractivity contribution is -0.184.